The summed E-state index contributed by atoms with van der Waals surface area (Å²) in [4.78, 5) is 14.3. The van der Waals surface area contributed by atoms with Gasteiger partial charge in [0.2, 0.25) is 5.91 Å². The Labute approximate surface area is 140 Å². The van der Waals surface area contributed by atoms with Gasteiger partial charge in [-0.25, -0.2) is 0 Å². The van der Waals surface area contributed by atoms with Crippen LogP contribution in [0, 0.1) is 19.8 Å². The van der Waals surface area contributed by atoms with Crippen molar-refractivity contribution in [2.75, 3.05) is 32.8 Å². The summed E-state index contributed by atoms with van der Waals surface area (Å²) < 4.78 is 5.80. The van der Waals surface area contributed by atoms with Crippen LogP contribution in [-0.2, 0) is 4.79 Å². The summed E-state index contributed by atoms with van der Waals surface area (Å²) in [6, 6.07) is 6.04. The monoisotopic (exact) mass is 318 g/mol. The topological polar surface area (TPSA) is 41.6 Å². The van der Waals surface area contributed by atoms with Gasteiger partial charge in [-0.3, -0.25) is 4.79 Å². The Morgan fingerprint density at radius 3 is 2.74 bits per heavy atom. The molecular weight excluding hydrogens is 288 g/mol. The lowest BCUT2D eigenvalue weighted by molar-refractivity contribution is -0.133. The molecule has 128 valence electrons. The third kappa shape index (κ3) is 5.24. The first-order valence-electron chi connectivity index (χ1n) is 8.79. The maximum Gasteiger partial charge on any atom is 0.225 e. The van der Waals surface area contributed by atoms with E-state index < -0.39 is 0 Å². The molecule has 0 unspecified atom stereocenters. The minimum atomic E-state index is 0.220. The first kappa shape index (κ1) is 17.8. The number of piperidine rings is 1. The van der Waals surface area contributed by atoms with Crippen LogP contribution in [0.1, 0.15) is 37.3 Å². The number of nitrogens with zero attached hydrogens (tertiary/aromatic N) is 1. The SMILES string of the molecule is CCNCC1CCN(C(=O)CCOc2cccc(C)c2C)CC1. The Balaban J connectivity index is 1.70. The van der Waals surface area contributed by atoms with Crippen LogP contribution in [0.15, 0.2) is 18.2 Å². The minimum Gasteiger partial charge on any atom is -0.493 e. The van der Waals surface area contributed by atoms with E-state index in [0.29, 0.717) is 18.9 Å². The molecule has 1 aromatic carbocycles. The number of benzene rings is 1. The predicted molar refractivity (Wildman–Crippen MR) is 93.9 cm³/mol. The molecule has 1 aliphatic heterocycles. The van der Waals surface area contributed by atoms with Crippen molar-refractivity contribution < 1.29 is 9.53 Å². The van der Waals surface area contributed by atoms with Crippen LogP contribution in [0.3, 0.4) is 0 Å². The first-order chi connectivity index (χ1) is 11.1. The Bertz CT molecular complexity index is 508. The van der Waals surface area contributed by atoms with E-state index in [-0.39, 0.29) is 5.91 Å². The van der Waals surface area contributed by atoms with Crippen molar-refractivity contribution in [2.24, 2.45) is 5.92 Å². The molecule has 0 spiro atoms. The lowest BCUT2D eigenvalue weighted by Gasteiger charge is -2.32. The zero-order chi connectivity index (χ0) is 16.7. The second kappa shape index (κ2) is 8.92. The van der Waals surface area contributed by atoms with Crippen LogP contribution in [0.5, 0.6) is 5.75 Å². The quantitative estimate of drug-likeness (QED) is 0.840. The van der Waals surface area contributed by atoms with Gasteiger partial charge in [0.05, 0.1) is 13.0 Å². The average Bonchev–Trinajstić information content (AvgIpc) is 2.57. The van der Waals surface area contributed by atoms with Crippen LogP contribution in [0.4, 0.5) is 0 Å². The lowest BCUT2D eigenvalue weighted by atomic mass is 9.96. The largest absolute Gasteiger partial charge is 0.493 e. The van der Waals surface area contributed by atoms with E-state index in [1.165, 1.54) is 5.56 Å². The van der Waals surface area contributed by atoms with Gasteiger partial charge in [0.25, 0.3) is 0 Å². The molecule has 4 nitrogen and oxygen atoms in total. The van der Waals surface area contributed by atoms with E-state index in [0.717, 1.165) is 50.3 Å². The van der Waals surface area contributed by atoms with Gasteiger partial charge >= 0.3 is 0 Å². The molecule has 1 fully saturated rings. The Kier molecular flexibility index (Phi) is 6.90. The molecule has 0 saturated carbocycles. The molecule has 0 radical (unpaired) electrons. The van der Waals surface area contributed by atoms with Gasteiger partial charge in [0.15, 0.2) is 0 Å². The first-order valence-corrected chi connectivity index (χ1v) is 8.79. The fourth-order valence-corrected chi connectivity index (χ4v) is 3.02. The maximum atomic E-state index is 12.3. The number of carbonyl (C=O) groups is 1. The molecule has 1 heterocycles. The van der Waals surface area contributed by atoms with Crippen LogP contribution >= 0.6 is 0 Å². The molecular formula is C19H30N2O2. The summed E-state index contributed by atoms with van der Waals surface area (Å²) in [6.07, 6.45) is 2.68. The van der Waals surface area contributed by atoms with Gasteiger partial charge < -0.3 is 15.0 Å². The van der Waals surface area contributed by atoms with E-state index in [9.17, 15) is 4.79 Å². The van der Waals surface area contributed by atoms with Crippen molar-refractivity contribution in [3.8, 4) is 5.75 Å². The second-order valence-corrected chi connectivity index (χ2v) is 6.43. The molecule has 0 aromatic heterocycles. The number of rotatable bonds is 7. The highest BCUT2D eigenvalue weighted by molar-refractivity contribution is 5.76. The molecule has 0 atom stereocenters. The van der Waals surface area contributed by atoms with Crippen molar-refractivity contribution in [1.82, 2.24) is 10.2 Å². The van der Waals surface area contributed by atoms with Crippen molar-refractivity contribution in [3.63, 3.8) is 0 Å². The molecule has 0 bridgehead atoms. The summed E-state index contributed by atoms with van der Waals surface area (Å²) >= 11 is 0. The Morgan fingerprint density at radius 2 is 2.04 bits per heavy atom. The average molecular weight is 318 g/mol. The molecule has 4 heteroatoms. The van der Waals surface area contributed by atoms with Gasteiger partial charge in [0.1, 0.15) is 5.75 Å². The van der Waals surface area contributed by atoms with E-state index in [2.05, 4.69) is 32.2 Å². The van der Waals surface area contributed by atoms with E-state index in [1.54, 1.807) is 0 Å². The van der Waals surface area contributed by atoms with E-state index in [1.807, 2.05) is 17.0 Å². The van der Waals surface area contributed by atoms with Gasteiger partial charge in [0, 0.05) is 13.1 Å². The van der Waals surface area contributed by atoms with E-state index in [4.69, 9.17) is 4.74 Å². The molecule has 1 aromatic rings. The zero-order valence-corrected chi connectivity index (χ0v) is 14.7. The third-order valence-corrected chi connectivity index (χ3v) is 4.78. The number of hydrogen-bond acceptors (Lipinski definition) is 3. The number of likely N-dealkylation sites (tertiary alicyclic amines) is 1. The highest BCUT2D eigenvalue weighted by Gasteiger charge is 2.22. The Hall–Kier alpha value is -1.55. The van der Waals surface area contributed by atoms with Gasteiger partial charge in [-0.15, -0.1) is 0 Å². The van der Waals surface area contributed by atoms with Crippen molar-refractivity contribution in [2.45, 2.75) is 40.0 Å². The number of aryl methyl sites for hydroxylation is 1. The van der Waals surface area contributed by atoms with Crippen molar-refractivity contribution in [1.29, 1.82) is 0 Å². The third-order valence-electron chi connectivity index (χ3n) is 4.78. The number of ether oxygens (including phenoxy) is 1. The molecule has 1 N–H and O–H groups in total. The second-order valence-electron chi connectivity index (χ2n) is 6.43. The fraction of sp³-hybridized carbons (Fsp3) is 0.632. The molecule has 1 aliphatic rings. The number of carbonyl (C=O) groups excluding carboxylic acids is 1. The van der Waals surface area contributed by atoms with Gasteiger partial charge in [-0.05, 0) is 62.9 Å². The molecule has 0 aliphatic carbocycles. The van der Waals surface area contributed by atoms with Crippen LogP contribution in [0.25, 0.3) is 0 Å². The molecule has 23 heavy (non-hydrogen) atoms. The number of amides is 1. The maximum absolute atomic E-state index is 12.3. The predicted octanol–water partition coefficient (Wildman–Crippen LogP) is 2.92. The molecule has 1 amide bonds. The number of hydrogen-bond donors (Lipinski definition) is 1. The van der Waals surface area contributed by atoms with Crippen LogP contribution in [0.2, 0.25) is 0 Å². The highest BCUT2D eigenvalue weighted by Crippen LogP contribution is 2.21. The zero-order valence-electron chi connectivity index (χ0n) is 14.7. The van der Waals surface area contributed by atoms with Crippen molar-refractivity contribution in [3.05, 3.63) is 29.3 Å². The standard InChI is InChI=1S/C19H30N2O2/c1-4-20-14-17-8-11-21(12-9-17)19(22)10-13-23-18-7-5-6-15(2)16(18)3/h5-7,17,20H,4,8-14H2,1-3H3. The summed E-state index contributed by atoms with van der Waals surface area (Å²) in [5.74, 6) is 1.82. The summed E-state index contributed by atoms with van der Waals surface area (Å²) in [5, 5.41) is 3.40. The van der Waals surface area contributed by atoms with Gasteiger partial charge in [-0.1, -0.05) is 19.1 Å². The normalized spacial score (nSPS) is 15.7. The lowest BCUT2D eigenvalue weighted by Crippen LogP contribution is -2.41. The molecule has 1 saturated heterocycles. The smallest absolute Gasteiger partial charge is 0.225 e. The summed E-state index contributed by atoms with van der Waals surface area (Å²) in [7, 11) is 0. The Morgan fingerprint density at radius 1 is 1.30 bits per heavy atom. The van der Waals surface area contributed by atoms with Crippen molar-refractivity contribution >= 4 is 5.91 Å². The minimum absolute atomic E-state index is 0.220. The van der Waals surface area contributed by atoms with Crippen LogP contribution in [-0.4, -0.2) is 43.6 Å². The molecule has 2 rings (SSSR count). The summed E-state index contributed by atoms with van der Waals surface area (Å²) in [6.45, 7) is 10.6. The highest BCUT2D eigenvalue weighted by atomic mass is 16.5. The van der Waals surface area contributed by atoms with Gasteiger partial charge in [-0.2, -0.15) is 0 Å². The number of nitrogens with one attached hydrogen (secondary N) is 1. The summed E-state index contributed by atoms with van der Waals surface area (Å²) in [5.41, 5.74) is 2.38. The van der Waals surface area contributed by atoms with Crippen LogP contribution < -0.4 is 10.1 Å². The fourth-order valence-electron chi connectivity index (χ4n) is 3.02. The van der Waals surface area contributed by atoms with E-state index >= 15 is 0 Å².